The van der Waals surface area contributed by atoms with Crippen LogP contribution >= 0.6 is 11.6 Å². The lowest BCUT2D eigenvalue weighted by Crippen LogP contribution is -2.36. The Balaban J connectivity index is 1.41. The average molecular weight is 449 g/mol. The Labute approximate surface area is 193 Å². The van der Waals surface area contributed by atoms with E-state index in [9.17, 15) is 9.59 Å². The third kappa shape index (κ3) is 5.29. The van der Waals surface area contributed by atoms with Crippen molar-refractivity contribution in [3.63, 3.8) is 0 Å². The van der Waals surface area contributed by atoms with E-state index in [1.807, 2.05) is 41.3 Å². The number of hydrogen-bond acceptors (Lipinski definition) is 3. The molecule has 0 unspecified atom stereocenters. The van der Waals surface area contributed by atoms with Gasteiger partial charge in [0, 0.05) is 29.2 Å². The highest BCUT2D eigenvalue weighted by Gasteiger charge is 2.21. The highest BCUT2D eigenvalue weighted by atomic mass is 35.5. The number of piperidine rings is 1. The molecule has 4 rings (SSSR count). The Morgan fingerprint density at radius 3 is 2.31 bits per heavy atom. The van der Waals surface area contributed by atoms with E-state index in [2.05, 4.69) is 5.32 Å². The second-order valence-electron chi connectivity index (χ2n) is 7.76. The largest absolute Gasteiger partial charge is 0.489 e. The van der Waals surface area contributed by atoms with Crippen LogP contribution in [-0.2, 0) is 6.61 Å². The molecule has 1 aliphatic rings. The number of nitrogens with zero attached hydrogens (tertiary/aromatic N) is 1. The number of ether oxygens (including phenoxy) is 1. The fraction of sp³-hybridized carbons (Fsp3) is 0.231. The average Bonchev–Trinajstić information content (AvgIpc) is 2.84. The van der Waals surface area contributed by atoms with Crippen LogP contribution in [0, 0.1) is 0 Å². The standard InChI is InChI=1S/C26H25ClN2O3/c27-23-10-4-2-8-20(23)18-32-21-14-12-19(13-15-21)25(30)28-24-11-5-3-9-22(24)26(31)29-16-6-1-7-17-29/h2-5,8-15H,1,6-7,16-18H2,(H,28,30). The zero-order valence-corrected chi connectivity index (χ0v) is 18.5. The van der Waals surface area contributed by atoms with E-state index >= 15 is 0 Å². The first-order chi connectivity index (χ1) is 15.6. The molecule has 0 radical (unpaired) electrons. The van der Waals surface area contributed by atoms with E-state index in [-0.39, 0.29) is 11.8 Å². The third-order valence-electron chi connectivity index (χ3n) is 5.52. The smallest absolute Gasteiger partial charge is 0.255 e. The molecule has 1 heterocycles. The molecule has 0 spiro atoms. The second-order valence-corrected chi connectivity index (χ2v) is 8.16. The Hall–Kier alpha value is -3.31. The van der Waals surface area contributed by atoms with Gasteiger partial charge in [0.25, 0.3) is 11.8 Å². The van der Waals surface area contributed by atoms with Crippen molar-refractivity contribution >= 4 is 29.1 Å². The van der Waals surface area contributed by atoms with Gasteiger partial charge in [0.2, 0.25) is 0 Å². The summed E-state index contributed by atoms with van der Waals surface area (Å²) in [4.78, 5) is 27.6. The summed E-state index contributed by atoms with van der Waals surface area (Å²) in [6.07, 6.45) is 3.19. The summed E-state index contributed by atoms with van der Waals surface area (Å²) < 4.78 is 5.78. The van der Waals surface area contributed by atoms with E-state index in [1.54, 1.807) is 36.4 Å². The Morgan fingerprint density at radius 2 is 1.56 bits per heavy atom. The van der Waals surface area contributed by atoms with Crippen LogP contribution in [0.4, 0.5) is 5.69 Å². The minimum atomic E-state index is -0.276. The number of hydrogen-bond donors (Lipinski definition) is 1. The first kappa shape index (κ1) is 21.9. The molecule has 1 saturated heterocycles. The summed E-state index contributed by atoms with van der Waals surface area (Å²) in [7, 11) is 0. The van der Waals surface area contributed by atoms with Crippen molar-refractivity contribution < 1.29 is 14.3 Å². The predicted molar refractivity (Wildman–Crippen MR) is 126 cm³/mol. The Kier molecular flexibility index (Phi) is 7.07. The van der Waals surface area contributed by atoms with Crippen LogP contribution in [0.3, 0.4) is 0 Å². The van der Waals surface area contributed by atoms with Crippen LogP contribution in [0.5, 0.6) is 5.75 Å². The van der Waals surface area contributed by atoms with E-state index < -0.39 is 0 Å². The lowest BCUT2D eigenvalue weighted by atomic mass is 10.1. The number of anilines is 1. The number of para-hydroxylation sites is 1. The number of carbonyl (C=O) groups excluding carboxylic acids is 2. The van der Waals surface area contributed by atoms with Gasteiger partial charge in [0.15, 0.2) is 0 Å². The first-order valence-corrected chi connectivity index (χ1v) is 11.2. The fourth-order valence-electron chi connectivity index (χ4n) is 3.72. The number of amides is 2. The van der Waals surface area contributed by atoms with E-state index in [0.717, 1.165) is 37.9 Å². The van der Waals surface area contributed by atoms with Crippen LogP contribution < -0.4 is 10.1 Å². The molecule has 32 heavy (non-hydrogen) atoms. The van der Waals surface area contributed by atoms with Gasteiger partial charge >= 0.3 is 0 Å². The molecule has 5 nitrogen and oxygen atoms in total. The maximum absolute atomic E-state index is 12.9. The molecular weight excluding hydrogens is 424 g/mol. The van der Waals surface area contributed by atoms with Crippen molar-refractivity contribution in [2.24, 2.45) is 0 Å². The minimum Gasteiger partial charge on any atom is -0.489 e. The van der Waals surface area contributed by atoms with Gasteiger partial charge < -0.3 is 15.0 Å². The molecule has 1 aliphatic heterocycles. The van der Waals surface area contributed by atoms with Crippen molar-refractivity contribution in [1.29, 1.82) is 0 Å². The van der Waals surface area contributed by atoms with Crippen molar-refractivity contribution in [3.8, 4) is 5.75 Å². The molecule has 0 bridgehead atoms. The molecular formula is C26H25ClN2O3. The molecule has 3 aromatic rings. The van der Waals surface area contributed by atoms with Gasteiger partial charge in [0.05, 0.1) is 11.3 Å². The SMILES string of the molecule is O=C(Nc1ccccc1C(=O)N1CCCCC1)c1ccc(OCc2ccccc2Cl)cc1. The zero-order valence-electron chi connectivity index (χ0n) is 17.7. The topological polar surface area (TPSA) is 58.6 Å². The molecule has 1 fully saturated rings. The van der Waals surface area contributed by atoms with Crippen LogP contribution in [0.25, 0.3) is 0 Å². The zero-order chi connectivity index (χ0) is 22.3. The maximum atomic E-state index is 12.9. The van der Waals surface area contributed by atoms with Crippen LogP contribution in [-0.4, -0.2) is 29.8 Å². The highest BCUT2D eigenvalue weighted by Crippen LogP contribution is 2.22. The van der Waals surface area contributed by atoms with Gasteiger partial charge in [-0.2, -0.15) is 0 Å². The number of rotatable bonds is 6. The van der Waals surface area contributed by atoms with Gasteiger partial charge in [-0.25, -0.2) is 0 Å². The van der Waals surface area contributed by atoms with Crippen LogP contribution in [0.1, 0.15) is 45.5 Å². The van der Waals surface area contributed by atoms with Crippen molar-refractivity contribution in [2.45, 2.75) is 25.9 Å². The predicted octanol–water partition coefficient (Wildman–Crippen LogP) is 5.80. The molecule has 0 saturated carbocycles. The second kappa shape index (κ2) is 10.3. The minimum absolute atomic E-state index is 0.0380. The van der Waals surface area contributed by atoms with Crippen LogP contribution in [0.15, 0.2) is 72.8 Å². The summed E-state index contributed by atoms with van der Waals surface area (Å²) in [6.45, 7) is 1.87. The molecule has 0 atom stereocenters. The Morgan fingerprint density at radius 1 is 0.875 bits per heavy atom. The summed E-state index contributed by atoms with van der Waals surface area (Å²) in [6, 6.07) is 21.6. The molecule has 2 amide bonds. The molecule has 0 aliphatic carbocycles. The number of carbonyl (C=O) groups is 2. The van der Waals surface area contributed by atoms with E-state index in [0.29, 0.717) is 34.2 Å². The summed E-state index contributed by atoms with van der Waals surface area (Å²) in [5.41, 5.74) is 2.41. The summed E-state index contributed by atoms with van der Waals surface area (Å²) in [5, 5.41) is 3.54. The fourth-order valence-corrected chi connectivity index (χ4v) is 3.91. The third-order valence-corrected chi connectivity index (χ3v) is 5.89. The number of halogens is 1. The first-order valence-electron chi connectivity index (χ1n) is 10.8. The molecule has 3 aromatic carbocycles. The van der Waals surface area contributed by atoms with Crippen LogP contribution in [0.2, 0.25) is 5.02 Å². The Bertz CT molecular complexity index is 1090. The van der Waals surface area contributed by atoms with E-state index in [4.69, 9.17) is 16.3 Å². The lowest BCUT2D eigenvalue weighted by molar-refractivity contribution is 0.0725. The van der Waals surface area contributed by atoms with Gasteiger partial charge in [-0.15, -0.1) is 0 Å². The lowest BCUT2D eigenvalue weighted by Gasteiger charge is -2.27. The molecule has 1 N–H and O–H groups in total. The summed E-state index contributed by atoms with van der Waals surface area (Å²) in [5.74, 6) is 0.326. The normalized spacial score (nSPS) is 13.5. The maximum Gasteiger partial charge on any atom is 0.255 e. The quantitative estimate of drug-likeness (QED) is 0.518. The van der Waals surface area contributed by atoms with Gasteiger partial charge in [-0.05, 0) is 61.7 Å². The monoisotopic (exact) mass is 448 g/mol. The van der Waals surface area contributed by atoms with Crippen molar-refractivity contribution in [1.82, 2.24) is 4.90 Å². The summed E-state index contributed by atoms with van der Waals surface area (Å²) >= 11 is 6.16. The highest BCUT2D eigenvalue weighted by molar-refractivity contribution is 6.31. The molecule has 6 heteroatoms. The number of benzene rings is 3. The van der Waals surface area contributed by atoms with E-state index in [1.165, 1.54) is 0 Å². The number of likely N-dealkylation sites (tertiary alicyclic amines) is 1. The van der Waals surface area contributed by atoms with Gasteiger partial charge in [0.1, 0.15) is 12.4 Å². The van der Waals surface area contributed by atoms with Gasteiger partial charge in [-0.1, -0.05) is 41.9 Å². The number of nitrogens with one attached hydrogen (secondary N) is 1. The van der Waals surface area contributed by atoms with Crippen molar-refractivity contribution in [2.75, 3.05) is 18.4 Å². The molecule has 164 valence electrons. The van der Waals surface area contributed by atoms with Gasteiger partial charge in [-0.3, -0.25) is 9.59 Å². The molecule has 0 aromatic heterocycles. The van der Waals surface area contributed by atoms with Crippen molar-refractivity contribution in [3.05, 3.63) is 94.5 Å².